The Morgan fingerprint density at radius 3 is 2.95 bits per heavy atom. The molecule has 0 saturated heterocycles. The summed E-state index contributed by atoms with van der Waals surface area (Å²) in [6, 6.07) is 2.64. The third kappa shape index (κ3) is 2.16. The van der Waals surface area contributed by atoms with Crippen molar-refractivity contribution in [3.05, 3.63) is 18.1 Å². The van der Waals surface area contributed by atoms with E-state index in [0.717, 1.165) is 24.4 Å². The first-order valence-electron chi connectivity index (χ1n) is 6.82. The molecule has 0 aliphatic heterocycles. The van der Waals surface area contributed by atoms with Gasteiger partial charge in [0.15, 0.2) is 0 Å². The third-order valence-electron chi connectivity index (χ3n) is 4.00. The number of nitrogens with two attached hydrogens (primary N) is 1. The summed E-state index contributed by atoms with van der Waals surface area (Å²) in [6.07, 6.45) is 6.25. The molecular formula is C13H20N6. The summed E-state index contributed by atoms with van der Waals surface area (Å²) >= 11 is 0. The van der Waals surface area contributed by atoms with E-state index in [4.69, 9.17) is 5.73 Å². The second kappa shape index (κ2) is 4.77. The molecule has 0 spiro atoms. The van der Waals surface area contributed by atoms with E-state index in [2.05, 4.69) is 27.0 Å². The molecule has 1 saturated carbocycles. The number of anilines is 1. The van der Waals surface area contributed by atoms with Crippen molar-refractivity contribution in [2.45, 2.75) is 44.7 Å². The number of likely N-dealkylation sites (N-methyl/N-ethyl adjacent to an activating group) is 1. The Morgan fingerprint density at radius 2 is 2.16 bits per heavy atom. The van der Waals surface area contributed by atoms with Crippen LogP contribution in [0.15, 0.2) is 12.4 Å². The molecule has 3 rings (SSSR count). The number of hydrogen-bond acceptors (Lipinski definition) is 5. The Bertz CT molecular complexity index is 578. The predicted octanol–water partition coefficient (Wildman–Crippen LogP) is 1.14. The SMILES string of the molecule is Cc1cc(N(C)C2CCCCC2N)n2ncnc2n1. The lowest BCUT2D eigenvalue weighted by atomic mass is 9.90. The lowest BCUT2D eigenvalue weighted by molar-refractivity contribution is 0.371. The van der Waals surface area contributed by atoms with Gasteiger partial charge in [0.2, 0.25) is 0 Å². The van der Waals surface area contributed by atoms with Gasteiger partial charge in [-0.3, -0.25) is 0 Å². The topological polar surface area (TPSA) is 72.3 Å². The van der Waals surface area contributed by atoms with E-state index in [1.807, 2.05) is 13.0 Å². The van der Waals surface area contributed by atoms with Gasteiger partial charge >= 0.3 is 0 Å². The summed E-state index contributed by atoms with van der Waals surface area (Å²) in [5, 5.41) is 4.26. The van der Waals surface area contributed by atoms with E-state index in [9.17, 15) is 0 Å². The predicted molar refractivity (Wildman–Crippen MR) is 74.2 cm³/mol. The van der Waals surface area contributed by atoms with Crippen LogP contribution in [0.5, 0.6) is 0 Å². The second-order valence-electron chi connectivity index (χ2n) is 5.35. The highest BCUT2D eigenvalue weighted by molar-refractivity contribution is 5.47. The first-order chi connectivity index (χ1) is 9.16. The van der Waals surface area contributed by atoms with Crippen LogP contribution in [0.3, 0.4) is 0 Å². The van der Waals surface area contributed by atoms with Gasteiger partial charge in [0.25, 0.3) is 5.78 Å². The Morgan fingerprint density at radius 1 is 1.37 bits per heavy atom. The average molecular weight is 260 g/mol. The maximum Gasteiger partial charge on any atom is 0.254 e. The van der Waals surface area contributed by atoms with E-state index < -0.39 is 0 Å². The highest BCUT2D eigenvalue weighted by Gasteiger charge is 2.27. The molecule has 2 atom stereocenters. The zero-order chi connectivity index (χ0) is 13.4. The van der Waals surface area contributed by atoms with Gasteiger partial charge in [-0.15, -0.1) is 0 Å². The maximum atomic E-state index is 6.27. The van der Waals surface area contributed by atoms with Gasteiger partial charge < -0.3 is 10.6 Å². The van der Waals surface area contributed by atoms with Gasteiger partial charge in [-0.05, 0) is 19.8 Å². The molecule has 2 N–H and O–H groups in total. The Labute approximate surface area is 112 Å². The number of aromatic nitrogens is 4. The van der Waals surface area contributed by atoms with E-state index in [1.165, 1.54) is 12.8 Å². The summed E-state index contributed by atoms with van der Waals surface area (Å²) in [7, 11) is 2.09. The van der Waals surface area contributed by atoms with E-state index in [-0.39, 0.29) is 6.04 Å². The van der Waals surface area contributed by atoms with E-state index >= 15 is 0 Å². The van der Waals surface area contributed by atoms with Crippen LogP contribution in [0.1, 0.15) is 31.4 Å². The molecule has 2 aromatic rings. The van der Waals surface area contributed by atoms with Gasteiger partial charge in [0.05, 0.1) is 0 Å². The van der Waals surface area contributed by atoms with Crippen LogP contribution in [0, 0.1) is 6.92 Å². The van der Waals surface area contributed by atoms with Crippen molar-refractivity contribution in [1.29, 1.82) is 0 Å². The van der Waals surface area contributed by atoms with E-state index in [0.29, 0.717) is 11.8 Å². The van der Waals surface area contributed by atoms with Crippen LogP contribution in [-0.4, -0.2) is 38.7 Å². The highest BCUT2D eigenvalue weighted by Crippen LogP contribution is 2.25. The van der Waals surface area contributed by atoms with Crippen molar-refractivity contribution in [3.8, 4) is 0 Å². The Hall–Kier alpha value is -1.69. The van der Waals surface area contributed by atoms with Crippen molar-refractivity contribution in [3.63, 3.8) is 0 Å². The van der Waals surface area contributed by atoms with E-state index in [1.54, 1.807) is 10.8 Å². The summed E-state index contributed by atoms with van der Waals surface area (Å²) in [4.78, 5) is 10.8. The van der Waals surface area contributed by atoms with Gasteiger partial charge in [-0.2, -0.15) is 14.6 Å². The van der Waals surface area contributed by atoms with Crippen LogP contribution >= 0.6 is 0 Å². The van der Waals surface area contributed by atoms with Gasteiger partial charge in [0.1, 0.15) is 12.1 Å². The van der Waals surface area contributed by atoms with Crippen LogP contribution in [0.2, 0.25) is 0 Å². The lowest BCUT2D eigenvalue weighted by Gasteiger charge is -2.37. The molecule has 6 heteroatoms. The van der Waals surface area contributed by atoms with Crippen molar-refractivity contribution < 1.29 is 0 Å². The quantitative estimate of drug-likeness (QED) is 0.876. The molecule has 2 unspecified atom stereocenters. The molecule has 19 heavy (non-hydrogen) atoms. The first-order valence-corrected chi connectivity index (χ1v) is 6.82. The lowest BCUT2D eigenvalue weighted by Crippen LogP contribution is -2.48. The molecule has 1 fully saturated rings. The molecule has 0 aromatic carbocycles. The van der Waals surface area contributed by atoms with Crippen LogP contribution in [0.4, 0.5) is 5.82 Å². The van der Waals surface area contributed by atoms with Crippen LogP contribution in [-0.2, 0) is 0 Å². The molecule has 0 amide bonds. The number of aryl methyl sites for hydroxylation is 1. The average Bonchev–Trinajstić information content (AvgIpc) is 2.85. The molecule has 1 aliphatic carbocycles. The second-order valence-corrected chi connectivity index (χ2v) is 5.35. The third-order valence-corrected chi connectivity index (χ3v) is 4.00. The maximum absolute atomic E-state index is 6.27. The molecule has 0 radical (unpaired) electrons. The fraction of sp³-hybridized carbons (Fsp3) is 0.615. The normalized spacial score (nSPS) is 23.7. The van der Waals surface area contributed by atoms with Crippen molar-refractivity contribution >= 4 is 11.6 Å². The summed E-state index contributed by atoms with van der Waals surface area (Å²) in [5.41, 5.74) is 7.22. The molecule has 2 heterocycles. The molecule has 1 aliphatic rings. The van der Waals surface area contributed by atoms with Crippen molar-refractivity contribution in [1.82, 2.24) is 19.6 Å². The monoisotopic (exact) mass is 260 g/mol. The van der Waals surface area contributed by atoms with Crippen molar-refractivity contribution in [2.75, 3.05) is 11.9 Å². The van der Waals surface area contributed by atoms with Crippen molar-refractivity contribution in [2.24, 2.45) is 5.73 Å². The Balaban J connectivity index is 2.00. The number of fused-ring (bicyclic) bond motifs is 1. The number of rotatable bonds is 2. The fourth-order valence-corrected chi connectivity index (χ4v) is 2.95. The fourth-order valence-electron chi connectivity index (χ4n) is 2.95. The highest BCUT2D eigenvalue weighted by atomic mass is 15.4. The molecule has 6 nitrogen and oxygen atoms in total. The Kier molecular flexibility index (Phi) is 3.10. The minimum absolute atomic E-state index is 0.228. The number of hydrogen-bond donors (Lipinski definition) is 1. The molecule has 2 aromatic heterocycles. The molecular weight excluding hydrogens is 240 g/mol. The summed E-state index contributed by atoms with van der Waals surface area (Å²) in [5.74, 6) is 1.66. The molecule has 0 bridgehead atoms. The summed E-state index contributed by atoms with van der Waals surface area (Å²) < 4.78 is 1.79. The minimum atomic E-state index is 0.228. The van der Waals surface area contributed by atoms with Gasteiger partial charge in [-0.25, -0.2) is 4.98 Å². The zero-order valence-corrected chi connectivity index (χ0v) is 11.5. The van der Waals surface area contributed by atoms with Gasteiger partial charge in [0, 0.05) is 30.9 Å². The van der Waals surface area contributed by atoms with Crippen LogP contribution in [0.25, 0.3) is 5.78 Å². The first kappa shape index (κ1) is 12.3. The van der Waals surface area contributed by atoms with Gasteiger partial charge in [-0.1, -0.05) is 12.8 Å². The number of nitrogens with zero attached hydrogens (tertiary/aromatic N) is 5. The zero-order valence-electron chi connectivity index (χ0n) is 11.5. The minimum Gasteiger partial charge on any atom is -0.355 e. The largest absolute Gasteiger partial charge is 0.355 e. The standard InChI is InChI=1S/C13H20N6/c1-9-7-12(19-13(17-9)15-8-16-19)18(2)11-6-4-3-5-10(11)14/h7-8,10-11H,3-6,14H2,1-2H3. The smallest absolute Gasteiger partial charge is 0.254 e. The molecule has 102 valence electrons. The summed E-state index contributed by atoms with van der Waals surface area (Å²) in [6.45, 7) is 1.98. The van der Waals surface area contributed by atoms with Crippen LogP contribution < -0.4 is 10.6 Å².